The Balaban J connectivity index is 5.36. The fourth-order valence-electron chi connectivity index (χ4n) is 8.47. The number of phosphoric ester groups is 1. The minimum Gasteiger partial charge on any atom is -0.756 e. The van der Waals surface area contributed by atoms with Crippen LogP contribution in [0.25, 0.3) is 0 Å². The fraction of sp³-hybridized carbons (Fsp3) is 0.681. The van der Waals surface area contributed by atoms with Crippen LogP contribution in [0.5, 0.6) is 0 Å². The quantitative estimate of drug-likeness (QED) is 0.0212. The Labute approximate surface area is 486 Å². The molecule has 1 amide bonds. The molecule has 1 N–H and O–H groups in total. The highest BCUT2D eigenvalue weighted by Crippen LogP contribution is 2.38. The molecule has 9 nitrogen and oxygen atoms in total. The minimum absolute atomic E-state index is 0.0380. The molecule has 0 aliphatic carbocycles. The van der Waals surface area contributed by atoms with E-state index in [4.69, 9.17) is 13.8 Å². The molecule has 0 bridgehead atoms. The van der Waals surface area contributed by atoms with Gasteiger partial charge in [0.1, 0.15) is 19.3 Å². The van der Waals surface area contributed by atoms with Crippen molar-refractivity contribution in [3.8, 4) is 0 Å². The zero-order valence-corrected chi connectivity index (χ0v) is 52.4. The summed E-state index contributed by atoms with van der Waals surface area (Å²) in [6.45, 7) is 6.66. The number of hydrogen-bond donors (Lipinski definition) is 1. The number of allylic oxidation sites excluding steroid dienone is 19. The first-order valence-corrected chi connectivity index (χ1v) is 33.3. The Morgan fingerprint density at radius 1 is 0.456 bits per heavy atom. The van der Waals surface area contributed by atoms with E-state index in [9.17, 15) is 19.0 Å². The van der Waals surface area contributed by atoms with Gasteiger partial charge in [-0.25, -0.2) is 0 Å². The lowest BCUT2D eigenvalue weighted by Gasteiger charge is -2.30. The Morgan fingerprint density at radius 2 is 0.810 bits per heavy atom. The van der Waals surface area contributed by atoms with Crippen molar-refractivity contribution < 1.29 is 37.3 Å². The third kappa shape index (κ3) is 58.9. The van der Waals surface area contributed by atoms with Crippen LogP contribution in [0.3, 0.4) is 0 Å². The van der Waals surface area contributed by atoms with Crippen LogP contribution >= 0.6 is 7.82 Å². The number of unbranched alkanes of at least 4 members (excludes halogenated alkanes) is 22. The molecule has 0 spiro atoms. The molecule has 79 heavy (non-hydrogen) atoms. The number of nitrogens with zero attached hydrogens (tertiary/aromatic N) is 1. The summed E-state index contributed by atoms with van der Waals surface area (Å²) in [6, 6.07) is -0.920. The third-order valence-corrected chi connectivity index (χ3v) is 14.3. The molecule has 3 atom stereocenters. The minimum atomic E-state index is -4.72. The van der Waals surface area contributed by atoms with Crippen LogP contribution in [0, 0.1) is 0 Å². The summed E-state index contributed by atoms with van der Waals surface area (Å²) in [5.41, 5.74) is 0. The van der Waals surface area contributed by atoms with E-state index in [0.717, 1.165) is 122 Å². The van der Waals surface area contributed by atoms with Crippen LogP contribution in [0.2, 0.25) is 0 Å². The van der Waals surface area contributed by atoms with Gasteiger partial charge in [-0.3, -0.25) is 14.2 Å². The molecule has 0 saturated carbocycles. The van der Waals surface area contributed by atoms with E-state index >= 15 is 0 Å². The molecule has 0 aliphatic rings. The van der Waals surface area contributed by atoms with Gasteiger partial charge in [-0.1, -0.05) is 239 Å². The van der Waals surface area contributed by atoms with Crippen LogP contribution in [-0.2, 0) is 27.9 Å². The van der Waals surface area contributed by atoms with E-state index in [0.29, 0.717) is 23.9 Å². The maximum absolute atomic E-state index is 13.6. The summed E-state index contributed by atoms with van der Waals surface area (Å²) in [7, 11) is 1.14. The van der Waals surface area contributed by atoms with Crippen molar-refractivity contribution in [3.63, 3.8) is 0 Å². The van der Waals surface area contributed by atoms with Crippen LogP contribution < -0.4 is 10.2 Å². The van der Waals surface area contributed by atoms with Crippen molar-refractivity contribution in [3.05, 3.63) is 122 Å². The van der Waals surface area contributed by atoms with Crippen molar-refractivity contribution in [2.75, 3.05) is 40.9 Å². The molecule has 3 unspecified atom stereocenters. The number of esters is 1. The normalized spacial score (nSPS) is 14.5. The maximum atomic E-state index is 13.6. The second-order valence-corrected chi connectivity index (χ2v) is 23.6. The fourth-order valence-corrected chi connectivity index (χ4v) is 9.19. The SMILES string of the molecule is CC/C=C\C/C=C\C/C=C\C/C=C\C/C=C\C/C=C\CCCCCCC(=O)NC(COP(=O)([O-])OCC[N+](C)(C)C)C(/C=C\CCCCCCCCCCCCC)OC(=O)CCCCCC/C=C\C/C=C\C/C=C\CCCCC. The van der Waals surface area contributed by atoms with Crippen molar-refractivity contribution in [1.82, 2.24) is 5.32 Å². The van der Waals surface area contributed by atoms with E-state index < -0.39 is 26.6 Å². The van der Waals surface area contributed by atoms with Crippen molar-refractivity contribution in [2.45, 2.75) is 264 Å². The highest BCUT2D eigenvalue weighted by molar-refractivity contribution is 7.45. The average Bonchev–Trinajstić information content (AvgIpc) is 3.41. The Hall–Kier alpha value is -3.59. The van der Waals surface area contributed by atoms with Crippen LogP contribution in [0.4, 0.5) is 0 Å². The summed E-state index contributed by atoms with van der Waals surface area (Å²) in [5.74, 6) is -0.602. The summed E-state index contributed by atoms with van der Waals surface area (Å²) < 4.78 is 30.3. The molecular weight excluding hydrogens is 1000 g/mol. The largest absolute Gasteiger partial charge is 0.756 e. The lowest BCUT2D eigenvalue weighted by atomic mass is 10.0. The van der Waals surface area contributed by atoms with E-state index in [1.165, 1.54) is 83.5 Å². The van der Waals surface area contributed by atoms with Gasteiger partial charge in [0.05, 0.1) is 33.8 Å². The van der Waals surface area contributed by atoms with Gasteiger partial charge in [0, 0.05) is 12.8 Å². The Kier molecular flexibility index (Phi) is 55.0. The smallest absolute Gasteiger partial charge is 0.306 e. The number of phosphoric acid groups is 1. The van der Waals surface area contributed by atoms with Gasteiger partial charge in [-0.05, 0) is 122 Å². The average molecular weight is 1120 g/mol. The summed E-state index contributed by atoms with van der Waals surface area (Å²) >= 11 is 0. The molecule has 0 fully saturated rings. The highest BCUT2D eigenvalue weighted by atomic mass is 31.2. The summed E-state index contributed by atoms with van der Waals surface area (Å²) in [5, 5.41) is 3.01. The predicted octanol–water partition coefficient (Wildman–Crippen LogP) is 19.3. The standard InChI is InChI=1S/C69H119N2O7P/c1-7-10-13-16-19-22-25-28-30-32-33-34-35-36-37-39-40-43-46-49-52-55-58-61-68(72)70-66(65-77-79(74,75)76-64-63-71(4,5)6)67(60-57-54-51-48-45-42-27-24-21-18-15-12-9-3)78-69(73)62-59-56-53-50-47-44-41-38-31-29-26-23-20-17-14-11-8-2/h10,13,19-20,22-23,28-31,33-34,36-37,40-41,43-44,57,60,66-67H,7-9,11-12,14-18,21,24-27,32,35,38-39,42,45-56,58-59,61-65H2,1-6H3,(H-,70,72,74,75)/b13-10-,22-19-,23-20-,30-28-,31-29-,34-33-,37-36-,43-40-,44-41-,60-57-. The zero-order valence-electron chi connectivity index (χ0n) is 51.5. The Bertz CT molecular complexity index is 1770. The van der Waals surface area contributed by atoms with Crippen molar-refractivity contribution >= 4 is 19.7 Å². The second-order valence-electron chi connectivity index (χ2n) is 22.2. The molecule has 10 heteroatoms. The van der Waals surface area contributed by atoms with Gasteiger partial charge < -0.3 is 28.5 Å². The van der Waals surface area contributed by atoms with E-state index in [2.05, 4.69) is 135 Å². The number of carbonyl (C=O) groups excluding carboxylic acids is 2. The molecule has 0 rings (SSSR count). The van der Waals surface area contributed by atoms with Gasteiger partial charge in [0.25, 0.3) is 7.82 Å². The van der Waals surface area contributed by atoms with Crippen molar-refractivity contribution in [2.24, 2.45) is 0 Å². The molecule has 0 heterocycles. The highest BCUT2D eigenvalue weighted by Gasteiger charge is 2.27. The molecule has 0 aromatic carbocycles. The lowest BCUT2D eigenvalue weighted by Crippen LogP contribution is -2.47. The number of hydrogen-bond acceptors (Lipinski definition) is 7. The molecular formula is C69H119N2O7P. The molecule has 0 radical (unpaired) electrons. The second kappa shape index (κ2) is 57.6. The van der Waals surface area contributed by atoms with Gasteiger partial charge in [-0.15, -0.1) is 0 Å². The zero-order chi connectivity index (χ0) is 57.9. The van der Waals surface area contributed by atoms with Gasteiger partial charge in [0.15, 0.2) is 0 Å². The molecule has 0 aromatic heterocycles. The number of amides is 1. The van der Waals surface area contributed by atoms with E-state index in [-0.39, 0.29) is 31.3 Å². The van der Waals surface area contributed by atoms with E-state index in [1.807, 2.05) is 33.3 Å². The first kappa shape index (κ1) is 75.4. The maximum Gasteiger partial charge on any atom is 0.306 e. The first-order chi connectivity index (χ1) is 38.4. The summed E-state index contributed by atoms with van der Waals surface area (Å²) in [6.07, 6.45) is 80.2. The number of ether oxygens (including phenoxy) is 1. The van der Waals surface area contributed by atoms with Crippen LogP contribution in [0.15, 0.2) is 122 Å². The van der Waals surface area contributed by atoms with Gasteiger partial charge in [0.2, 0.25) is 5.91 Å². The number of carbonyl (C=O) groups is 2. The number of nitrogens with one attached hydrogen (secondary N) is 1. The molecule has 452 valence electrons. The number of likely N-dealkylation sites (N-methyl/N-ethyl adjacent to an activating group) is 1. The third-order valence-electron chi connectivity index (χ3n) is 13.4. The number of rotatable bonds is 56. The van der Waals surface area contributed by atoms with E-state index in [1.54, 1.807) is 0 Å². The van der Waals surface area contributed by atoms with Gasteiger partial charge in [-0.2, -0.15) is 0 Å². The lowest BCUT2D eigenvalue weighted by molar-refractivity contribution is -0.870. The first-order valence-electron chi connectivity index (χ1n) is 31.8. The molecule has 0 aromatic rings. The topological polar surface area (TPSA) is 114 Å². The molecule has 0 aliphatic heterocycles. The molecule has 0 saturated heterocycles. The van der Waals surface area contributed by atoms with Crippen molar-refractivity contribution in [1.29, 1.82) is 0 Å². The predicted molar refractivity (Wildman–Crippen MR) is 339 cm³/mol. The van der Waals surface area contributed by atoms with Crippen LogP contribution in [0.1, 0.15) is 252 Å². The Morgan fingerprint density at radius 3 is 1.24 bits per heavy atom. The summed E-state index contributed by atoms with van der Waals surface area (Å²) in [4.78, 5) is 40.0. The van der Waals surface area contributed by atoms with Gasteiger partial charge >= 0.3 is 5.97 Å². The number of quaternary nitrogens is 1. The van der Waals surface area contributed by atoms with Crippen LogP contribution in [-0.4, -0.2) is 69.4 Å². The monoisotopic (exact) mass is 1120 g/mol.